The molecule has 20 heavy (non-hydrogen) atoms. The Labute approximate surface area is 117 Å². The molecule has 0 radical (unpaired) electrons. The molecule has 1 aromatic carbocycles. The lowest BCUT2D eigenvalue weighted by Gasteiger charge is -2.09. The van der Waals surface area contributed by atoms with Crippen molar-refractivity contribution >= 4 is 18.4 Å². The number of halogens is 3. The van der Waals surface area contributed by atoms with E-state index in [2.05, 4.69) is 15.3 Å². The lowest BCUT2D eigenvalue weighted by Crippen LogP contribution is -2.09. The van der Waals surface area contributed by atoms with Crippen molar-refractivity contribution in [3.63, 3.8) is 0 Å². The van der Waals surface area contributed by atoms with Gasteiger partial charge in [0.2, 0.25) is 4.77 Å². The molecule has 0 aliphatic rings. The van der Waals surface area contributed by atoms with Crippen molar-refractivity contribution in [1.29, 1.82) is 0 Å². The Kier molecular flexibility index (Phi) is 4.03. The lowest BCUT2D eigenvalue weighted by atomic mass is 10.1. The van der Waals surface area contributed by atoms with Crippen LogP contribution in [0.5, 0.6) is 0 Å². The summed E-state index contributed by atoms with van der Waals surface area (Å²) >= 11 is 4.97. The van der Waals surface area contributed by atoms with Crippen LogP contribution in [0.1, 0.15) is 23.9 Å². The topological polar surface area (TPSA) is 46.0 Å². The van der Waals surface area contributed by atoms with E-state index in [1.807, 2.05) is 6.92 Å². The lowest BCUT2D eigenvalue weighted by molar-refractivity contribution is -0.137. The molecule has 0 bridgehead atoms. The Morgan fingerprint density at radius 2 is 2.10 bits per heavy atom. The van der Waals surface area contributed by atoms with Gasteiger partial charge in [-0.1, -0.05) is 25.1 Å². The van der Waals surface area contributed by atoms with Gasteiger partial charge in [0.1, 0.15) is 0 Å². The van der Waals surface area contributed by atoms with Crippen LogP contribution < -0.4 is 0 Å². The Morgan fingerprint density at radius 1 is 1.40 bits per heavy atom. The minimum absolute atomic E-state index is 0.0230. The van der Waals surface area contributed by atoms with Crippen LogP contribution in [0.25, 0.3) is 0 Å². The Bertz CT molecular complexity index is 684. The van der Waals surface area contributed by atoms with Crippen LogP contribution >= 0.6 is 12.2 Å². The summed E-state index contributed by atoms with van der Waals surface area (Å²) < 4.78 is 40.0. The number of aromatic amines is 1. The van der Waals surface area contributed by atoms with Crippen molar-refractivity contribution in [2.24, 2.45) is 5.10 Å². The maximum atomic E-state index is 12.8. The molecule has 0 fully saturated rings. The largest absolute Gasteiger partial charge is 0.417 e. The second-order valence-corrected chi connectivity index (χ2v) is 4.33. The molecule has 1 aromatic heterocycles. The van der Waals surface area contributed by atoms with Crippen LogP contribution in [0, 0.1) is 4.77 Å². The van der Waals surface area contributed by atoms with Crippen LogP contribution in [0.2, 0.25) is 0 Å². The minimum Gasteiger partial charge on any atom is -0.250 e. The molecule has 2 aromatic rings. The van der Waals surface area contributed by atoms with Gasteiger partial charge in [0.15, 0.2) is 5.82 Å². The zero-order valence-electron chi connectivity index (χ0n) is 10.5. The predicted octanol–water partition coefficient (Wildman–Crippen LogP) is 3.40. The highest BCUT2D eigenvalue weighted by Crippen LogP contribution is 2.31. The zero-order valence-corrected chi connectivity index (χ0v) is 11.3. The van der Waals surface area contributed by atoms with E-state index in [-0.39, 0.29) is 10.3 Å². The fraction of sp³-hybridized carbons (Fsp3) is 0.250. The summed E-state index contributed by atoms with van der Waals surface area (Å²) in [5, 5.41) is 10.5. The molecule has 1 N–H and O–H groups in total. The molecule has 0 aliphatic heterocycles. The quantitative estimate of drug-likeness (QED) is 0.697. The number of hydrogen-bond acceptors (Lipinski definition) is 3. The summed E-state index contributed by atoms with van der Waals surface area (Å²) in [5.74, 6) is 0.552. The van der Waals surface area contributed by atoms with Gasteiger partial charge in [0, 0.05) is 12.0 Å². The second kappa shape index (κ2) is 5.58. The molecule has 0 unspecified atom stereocenters. The summed E-state index contributed by atoms with van der Waals surface area (Å²) in [5.41, 5.74) is -0.762. The molecule has 2 rings (SSSR count). The van der Waals surface area contributed by atoms with Gasteiger partial charge in [0.25, 0.3) is 0 Å². The standard InChI is InChI=1S/C12H11F3N4S/c1-2-10-17-18-11(20)19(10)16-7-8-5-3-4-6-9(8)12(13,14)15/h3-7H,2H2,1H3,(H,18,20)/b16-7-. The Morgan fingerprint density at radius 3 is 2.75 bits per heavy atom. The van der Waals surface area contributed by atoms with Gasteiger partial charge >= 0.3 is 6.18 Å². The first-order chi connectivity index (χ1) is 9.43. The highest BCUT2D eigenvalue weighted by molar-refractivity contribution is 7.71. The third-order valence-electron chi connectivity index (χ3n) is 2.61. The van der Waals surface area contributed by atoms with E-state index in [1.54, 1.807) is 0 Å². The zero-order chi connectivity index (χ0) is 14.8. The van der Waals surface area contributed by atoms with Gasteiger partial charge in [-0.15, -0.1) is 0 Å². The second-order valence-electron chi connectivity index (χ2n) is 3.94. The predicted molar refractivity (Wildman–Crippen MR) is 71.2 cm³/mol. The molecule has 4 nitrogen and oxygen atoms in total. The van der Waals surface area contributed by atoms with E-state index in [0.717, 1.165) is 12.3 Å². The van der Waals surface area contributed by atoms with Crippen LogP contribution in [0.15, 0.2) is 29.4 Å². The molecule has 0 saturated heterocycles. The van der Waals surface area contributed by atoms with E-state index in [4.69, 9.17) is 12.2 Å². The number of nitrogens with zero attached hydrogens (tertiary/aromatic N) is 3. The number of H-pyrrole nitrogens is 1. The smallest absolute Gasteiger partial charge is 0.250 e. The summed E-state index contributed by atoms with van der Waals surface area (Å²) in [6.07, 6.45) is -2.73. The maximum Gasteiger partial charge on any atom is 0.417 e. The number of aromatic nitrogens is 3. The molecule has 0 amide bonds. The van der Waals surface area contributed by atoms with E-state index in [0.29, 0.717) is 12.2 Å². The third-order valence-corrected chi connectivity index (χ3v) is 2.88. The number of hydrogen-bond donors (Lipinski definition) is 1. The highest BCUT2D eigenvalue weighted by Gasteiger charge is 2.32. The maximum absolute atomic E-state index is 12.8. The third kappa shape index (κ3) is 2.96. The van der Waals surface area contributed by atoms with E-state index in [9.17, 15) is 13.2 Å². The van der Waals surface area contributed by atoms with Crippen LogP contribution in [-0.2, 0) is 12.6 Å². The Balaban J connectivity index is 2.42. The van der Waals surface area contributed by atoms with Crippen molar-refractivity contribution in [2.75, 3.05) is 0 Å². The normalized spacial score (nSPS) is 12.2. The van der Waals surface area contributed by atoms with E-state index >= 15 is 0 Å². The van der Waals surface area contributed by atoms with Crippen molar-refractivity contribution in [3.05, 3.63) is 46.0 Å². The summed E-state index contributed by atoms with van der Waals surface area (Å²) in [4.78, 5) is 0. The molecular formula is C12H11F3N4S. The molecule has 0 aliphatic carbocycles. The number of benzene rings is 1. The van der Waals surface area contributed by atoms with Crippen LogP contribution in [0.3, 0.4) is 0 Å². The number of aryl methyl sites for hydroxylation is 1. The fourth-order valence-corrected chi connectivity index (χ4v) is 1.86. The van der Waals surface area contributed by atoms with Gasteiger partial charge in [-0.3, -0.25) is 5.10 Å². The number of rotatable bonds is 3. The average molecular weight is 300 g/mol. The van der Waals surface area contributed by atoms with Gasteiger partial charge < -0.3 is 0 Å². The van der Waals surface area contributed by atoms with Crippen LogP contribution in [-0.4, -0.2) is 21.1 Å². The molecule has 8 heteroatoms. The monoisotopic (exact) mass is 300 g/mol. The summed E-state index contributed by atoms with van der Waals surface area (Å²) in [6, 6.07) is 5.21. The SMILES string of the molecule is CCc1n[nH]c(=S)n1/N=C\c1ccccc1C(F)(F)F. The average Bonchev–Trinajstić information content (AvgIpc) is 2.76. The summed E-state index contributed by atoms with van der Waals surface area (Å²) in [7, 11) is 0. The first kappa shape index (κ1) is 14.4. The van der Waals surface area contributed by atoms with Gasteiger partial charge in [-0.05, 0) is 18.3 Å². The summed E-state index contributed by atoms with van der Waals surface area (Å²) in [6.45, 7) is 1.85. The van der Waals surface area contributed by atoms with Crippen molar-refractivity contribution in [1.82, 2.24) is 14.9 Å². The van der Waals surface area contributed by atoms with Crippen molar-refractivity contribution in [3.8, 4) is 0 Å². The molecule has 1 heterocycles. The molecule has 0 spiro atoms. The molecule has 0 atom stereocenters. The van der Waals surface area contributed by atoms with E-state index in [1.165, 1.54) is 22.9 Å². The van der Waals surface area contributed by atoms with Crippen LogP contribution in [0.4, 0.5) is 13.2 Å². The molecular weight excluding hydrogens is 289 g/mol. The molecule has 0 saturated carbocycles. The highest BCUT2D eigenvalue weighted by atomic mass is 32.1. The first-order valence-electron chi connectivity index (χ1n) is 5.80. The Hall–Kier alpha value is -1.96. The molecule has 106 valence electrons. The van der Waals surface area contributed by atoms with Crippen molar-refractivity contribution in [2.45, 2.75) is 19.5 Å². The fourth-order valence-electron chi connectivity index (χ4n) is 1.66. The van der Waals surface area contributed by atoms with Gasteiger partial charge in [-0.25, -0.2) is 0 Å². The van der Waals surface area contributed by atoms with Gasteiger partial charge in [-0.2, -0.15) is 28.0 Å². The van der Waals surface area contributed by atoms with Crippen molar-refractivity contribution < 1.29 is 13.2 Å². The number of nitrogens with one attached hydrogen (secondary N) is 1. The van der Waals surface area contributed by atoms with Gasteiger partial charge in [0.05, 0.1) is 11.8 Å². The van der Waals surface area contributed by atoms with E-state index < -0.39 is 11.7 Å². The first-order valence-corrected chi connectivity index (χ1v) is 6.21. The number of alkyl halides is 3. The minimum atomic E-state index is -4.42.